The Morgan fingerprint density at radius 3 is 1.44 bits per heavy atom. The molecular weight excluding hydrogens is 396 g/mol. The van der Waals surface area contributed by atoms with E-state index in [1.54, 1.807) is 0 Å². The summed E-state index contributed by atoms with van der Waals surface area (Å²) in [6.07, 6.45) is 1.37. The zero-order valence-corrected chi connectivity index (χ0v) is 17.4. The van der Waals surface area contributed by atoms with Crippen LogP contribution < -0.4 is 0 Å². The van der Waals surface area contributed by atoms with Crippen LogP contribution in [-0.4, -0.2) is 0 Å². The number of hydrogen-bond donors (Lipinski definition) is 0. The Morgan fingerprint density at radius 1 is 0.625 bits per heavy atom. The van der Waals surface area contributed by atoms with E-state index in [2.05, 4.69) is 60.7 Å². The second-order valence-electron chi connectivity index (χ2n) is 9.27. The van der Waals surface area contributed by atoms with Crippen LogP contribution in [0.4, 0.5) is 0 Å². The molecule has 4 aliphatic heterocycles. The van der Waals surface area contributed by atoms with E-state index in [0.29, 0.717) is 12.8 Å². The summed E-state index contributed by atoms with van der Waals surface area (Å²) in [4.78, 5) is 0. The molecule has 2 saturated heterocycles. The Kier molecular flexibility index (Phi) is 3.45. The molecule has 3 aromatic rings. The average Bonchev–Trinajstić information content (AvgIpc) is 3.60. The first kappa shape index (κ1) is 18.2. The minimum atomic E-state index is -0.729. The summed E-state index contributed by atoms with van der Waals surface area (Å²) < 4.78 is 13.1. The molecule has 154 valence electrons. The molecule has 6 atom stereocenters. The molecule has 0 aromatic heterocycles. The maximum absolute atomic E-state index is 9.94. The summed E-state index contributed by atoms with van der Waals surface area (Å²) in [6, 6.07) is 29.8. The van der Waals surface area contributed by atoms with Gasteiger partial charge in [-0.1, -0.05) is 72.8 Å². The lowest BCUT2D eigenvalue weighted by molar-refractivity contribution is -0.00314. The summed E-state index contributed by atoms with van der Waals surface area (Å²) in [7, 11) is 0. The fraction of sp³-hybridized carbons (Fsp3) is 0.286. The van der Waals surface area contributed by atoms with Gasteiger partial charge in [0.1, 0.15) is 11.2 Å². The first-order valence-electron chi connectivity index (χ1n) is 11.2. The van der Waals surface area contributed by atoms with Crippen molar-refractivity contribution in [2.75, 3.05) is 0 Å². The van der Waals surface area contributed by atoms with E-state index in [1.165, 1.54) is 11.1 Å². The number of rotatable bonds is 2. The van der Waals surface area contributed by atoms with Crippen molar-refractivity contribution in [2.45, 2.75) is 36.3 Å². The lowest BCUT2D eigenvalue weighted by atomic mass is 9.69. The molecule has 4 aliphatic rings. The van der Waals surface area contributed by atoms with Crippen LogP contribution in [0.25, 0.3) is 0 Å². The van der Waals surface area contributed by atoms with Crippen molar-refractivity contribution in [1.29, 1.82) is 10.5 Å². The summed E-state index contributed by atoms with van der Waals surface area (Å²) >= 11 is 0. The Labute approximate surface area is 186 Å². The predicted molar refractivity (Wildman–Crippen MR) is 116 cm³/mol. The quantitative estimate of drug-likeness (QED) is 0.561. The SMILES string of the molecule is N#CC1CC2OC1(c1ccc(C34OC(CC3C#N)c3ccccc34)cc1)c1ccccc12. The molecule has 4 nitrogen and oxygen atoms in total. The lowest BCUT2D eigenvalue weighted by Gasteiger charge is -2.33. The molecule has 0 N–H and O–H groups in total. The molecule has 7 rings (SSSR count). The van der Waals surface area contributed by atoms with Gasteiger partial charge in [-0.2, -0.15) is 10.5 Å². The normalized spacial score (nSPS) is 35.2. The monoisotopic (exact) mass is 416 g/mol. The van der Waals surface area contributed by atoms with Crippen LogP contribution in [0.15, 0.2) is 72.8 Å². The number of benzene rings is 3. The average molecular weight is 416 g/mol. The summed E-state index contributed by atoms with van der Waals surface area (Å²) in [5.74, 6) is -0.449. The molecular formula is C28H20N2O2. The lowest BCUT2D eigenvalue weighted by Crippen LogP contribution is -2.34. The van der Waals surface area contributed by atoms with Crippen molar-refractivity contribution in [3.05, 3.63) is 106 Å². The smallest absolute Gasteiger partial charge is 0.135 e. The number of nitriles is 2. The van der Waals surface area contributed by atoms with Gasteiger partial charge < -0.3 is 9.47 Å². The largest absolute Gasteiger partial charge is 0.356 e. The van der Waals surface area contributed by atoms with E-state index in [0.717, 1.165) is 22.3 Å². The zero-order valence-electron chi connectivity index (χ0n) is 17.4. The van der Waals surface area contributed by atoms with Crippen LogP contribution in [0, 0.1) is 34.5 Å². The minimum absolute atomic E-state index is 0.0299. The molecule has 0 spiro atoms. The Hall–Kier alpha value is -3.44. The molecule has 0 aliphatic carbocycles. The van der Waals surface area contributed by atoms with Crippen molar-refractivity contribution in [3.63, 3.8) is 0 Å². The van der Waals surface area contributed by atoms with E-state index < -0.39 is 11.2 Å². The first-order valence-corrected chi connectivity index (χ1v) is 11.2. The Morgan fingerprint density at radius 2 is 1.03 bits per heavy atom. The number of fused-ring (bicyclic) bond motifs is 10. The molecule has 32 heavy (non-hydrogen) atoms. The molecule has 0 amide bonds. The molecule has 6 unspecified atom stereocenters. The molecule has 3 aromatic carbocycles. The third kappa shape index (κ3) is 1.94. The predicted octanol–water partition coefficient (Wildman–Crippen LogP) is 5.40. The van der Waals surface area contributed by atoms with Gasteiger partial charge in [0, 0.05) is 0 Å². The number of nitrogens with zero attached hydrogens (tertiary/aromatic N) is 2. The maximum Gasteiger partial charge on any atom is 0.135 e. The van der Waals surface area contributed by atoms with Crippen molar-refractivity contribution < 1.29 is 9.47 Å². The van der Waals surface area contributed by atoms with Crippen LogP contribution in [0.5, 0.6) is 0 Å². The fourth-order valence-corrected chi connectivity index (χ4v) is 6.69. The van der Waals surface area contributed by atoms with Gasteiger partial charge >= 0.3 is 0 Å². The Bertz CT molecular complexity index is 1250. The van der Waals surface area contributed by atoms with Gasteiger partial charge in [0.15, 0.2) is 0 Å². The van der Waals surface area contributed by atoms with Crippen LogP contribution >= 0.6 is 0 Å². The van der Waals surface area contributed by atoms with Crippen LogP contribution in [0.1, 0.15) is 58.4 Å². The highest BCUT2D eigenvalue weighted by Gasteiger charge is 2.60. The summed E-state index contributed by atoms with van der Waals surface area (Å²) in [5, 5.41) is 19.9. The molecule has 0 radical (unpaired) electrons. The van der Waals surface area contributed by atoms with Crippen molar-refractivity contribution in [3.8, 4) is 12.1 Å². The highest BCUT2D eigenvalue weighted by atomic mass is 16.5. The van der Waals surface area contributed by atoms with E-state index >= 15 is 0 Å². The van der Waals surface area contributed by atoms with Crippen molar-refractivity contribution in [2.24, 2.45) is 11.8 Å². The molecule has 4 heterocycles. The second kappa shape index (κ2) is 6.08. The molecule has 4 heteroatoms. The van der Waals surface area contributed by atoms with Gasteiger partial charge in [-0.15, -0.1) is 0 Å². The molecule has 0 saturated carbocycles. The van der Waals surface area contributed by atoms with E-state index in [9.17, 15) is 10.5 Å². The Balaban J connectivity index is 1.37. The van der Waals surface area contributed by atoms with E-state index in [4.69, 9.17) is 9.47 Å². The van der Waals surface area contributed by atoms with Gasteiger partial charge in [-0.25, -0.2) is 0 Å². The van der Waals surface area contributed by atoms with Crippen LogP contribution in [-0.2, 0) is 20.7 Å². The highest BCUT2D eigenvalue weighted by Crippen LogP contribution is 2.62. The van der Waals surface area contributed by atoms with Gasteiger partial charge in [-0.05, 0) is 46.2 Å². The van der Waals surface area contributed by atoms with E-state index in [-0.39, 0.29) is 24.0 Å². The van der Waals surface area contributed by atoms with Gasteiger partial charge in [0.05, 0.1) is 36.2 Å². The van der Waals surface area contributed by atoms with E-state index in [1.807, 2.05) is 24.3 Å². The zero-order chi connectivity index (χ0) is 21.5. The van der Waals surface area contributed by atoms with Gasteiger partial charge in [0.2, 0.25) is 0 Å². The molecule has 4 bridgehead atoms. The van der Waals surface area contributed by atoms with Crippen molar-refractivity contribution >= 4 is 0 Å². The first-order chi connectivity index (χ1) is 15.7. The number of hydrogen-bond acceptors (Lipinski definition) is 4. The highest BCUT2D eigenvalue weighted by molar-refractivity contribution is 5.54. The van der Waals surface area contributed by atoms with Crippen LogP contribution in [0.3, 0.4) is 0 Å². The maximum atomic E-state index is 9.94. The fourth-order valence-electron chi connectivity index (χ4n) is 6.69. The standard InChI is InChI=1S/C28H20N2O2/c29-15-19-13-25-21-5-1-3-7-23(21)27(19,31-25)17-9-11-18(12-10-17)28-20(16-30)14-26(32-28)22-6-2-4-8-24(22)28/h1-12,19-20,25-26H,13-14H2. The summed E-state index contributed by atoms with van der Waals surface area (Å²) in [6.45, 7) is 0. The van der Waals surface area contributed by atoms with Gasteiger partial charge in [0.25, 0.3) is 0 Å². The number of ether oxygens (including phenoxy) is 2. The van der Waals surface area contributed by atoms with Crippen molar-refractivity contribution in [1.82, 2.24) is 0 Å². The topological polar surface area (TPSA) is 66.0 Å². The molecule has 2 fully saturated rings. The second-order valence-corrected chi connectivity index (χ2v) is 9.27. The third-order valence-corrected chi connectivity index (χ3v) is 8.01. The third-order valence-electron chi connectivity index (χ3n) is 8.01. The van der Waals surface area contributed by atoms with Gasteiger partial charge in [-0.3, -0.25) is 0 Å². The minimum Gasteiger partial charge on any atom is -0.356 e. The van der Waals surface area contributed by atoms with Crippen LogP contribution in [0.2, 0.25) is 0 Å². The summed E-state index contributed by atoms with van der Waals surface area (Å²) in [5.41, 5.74) is 5.12.